The highest BCUT2D eigenvalue weighted by molar-refractivity contribution is 5.88. The lowest BCUT2D eigenvalue weighted by Crippen LogP contribution is -2.51. The Bertz CT molecular complexity index is 2430. The standard InChI is InChI=1S/C47H55N9O7/c1-28(2)40(54-46(61)62-5)43(58)55-22-6-8-38(55)41-50-26-36(52-41)34-18-14-32(15-19-34)33-16-20-35(21-17-33)37-27-51-42(53-37)39-9-7-23-56(39)44(59)47(4,63-45(48)60)24-30-10-12-31(13-11-30)25-49-29(3)57/h10-21,26-28,38-40H,6-9,22-25H2,1-5H3,(H2,48,60)(H,49,57)(H,50,52)(H,51,53)(H,54,61)/t38?,39-,40-,47-/m0/s1. The fourth-order valence-corrected chi connectivity index (χ4v) is 8.55. The summed E-state index contributed by atoms with van der Waals surface area (Å²) in [7, 11) is 1.28. The van der Waals surface area contributed by atoms with Crippen LogP contribution in [0.3, 0.4) is 0 Å². The molecular weight excluding hydrogens is 803 g/mol. The summed E-state index contributed by atoms with van der Waals surface area (Å²) in [4.78, 5) is 83.0. The highest BCUT2D eigenvalue weighted by Gasteiger charge is 2.45. The topological polar surface area (TPSA) is 218 Å². The molecule has 1 unspecified atom stereocenters. The summed E-state index contributed by atoms with van der Waals surface area (Å²) in [6.45, 7) is 8.26. The van der Waals surface area contributed by atoms with Crippen LogP contribution in [0, 0.1) is 5.92 Å². The molecule has 4 heterocycles. The van der Waals surface area contributed by atoms with Gasteiger partial charge in [-0.2, -0.15) is 0 Å². The van der Waals surface area contributed by atoms with Crippen LogP contribution in [0.2, 0.25) is 0 Å². The fourth-order valence-electron chi connectivity index (χ4n) is 8.55. The van der Waals surface area contributed by atoms with Crippen LogP contribution in [0.15, 0.2) is 85.2 Å². The van der Waals surface area contributed by atoms with E-state index < -0.39 is 23.8 Å². The molecule has 3 aromatic carbocycles. The van der Waals surface area contributed by atoms with Crippen molar-refractivity contribution in [2.75, 3.05) is 20.2 Å². The number of aromatic nitrogens is 4. The zero-order valence-corrected chi connectivity index (χ0v) is 36.3. The molecule has 2 aromatic heterocycles. The molecule has 6 N–H and O–H groups in total. The van der Waals surface area contributed by atoms with Gasteiger partial charge in [-0.15, -0.1) is 0 Å². The molecule has 2 fully saturated rings. The van der Waals surface area contributed by atoms with Crippen LogP contribution in [0.5, 0.6) is 0 Å². The first-order valence-corrected chi connectivity index (χ1v) is 21.3. The molecule has 0 radical (unpaired) electrons. The van der Waals surface area contributed by atoms with E-state index in [1.165, 1.54) is 14.0 Å². The van der Waals surface area contributed by atoms with Crippen molar-refractivity contribution >= 4 is 29.9 Å². The second-order valence-electron chi connectivity index (χ2n) is 16.8. The molecule has 5 amide bonds. The second kappa shape index (κ2) is 19.0. The molecule has 0 bridgehead atoms. The number of nitrogens with two attached hydrogens (primary N) is 1. The maximum absolute atomic E-state index is 14.2. The summed E-state index contributed by atoms with van der Waals surface area (Å²) < 4.78 is 10.3. The number of hydrogen-bond acceptors (Lipinski definition) is 9. The van der Waals surface area contributed by atoms with Gasteiger partial charge in [-0.3, -0.25) is 14.4 Å². The van der Waals surface area contributed by atoms with Crippen molar-refractivity contribution in [1.82, 2.24) is 40.4 Å². The lowest BCUT2D eigenvalue weighted by molar-refractivity contribution is -0.150. The highest BCUT2D eigenvalue weighted by atomic mass is 16.6. The number of nitrogens with one attached hydrogen (secondary N) is 4. The Morgan fingerprint density at radius 3 is 1.76 bits per heavy atom. The van der Waals surface area contributed by atoms with Crippen molar-refractivity contribution in [2.24, 2.45) is 11.7 Å². The number of rotatable bonds is 14. The number of carbonyl (C=O) groups excluding carboxylic acids is 5. The normalized spacial score (nSPS) is 17.6. The Balaban J connectivity index is 0.997. The maximum atomic E-state index is 14.2. The zero-order chi connectivity index (χ0) is 44.8. The van der Waals surface area contributed by atoms with E-state index in [9.17, 15) is 24.0 Å². The van der Waals surface area contributed by atoms with Crippen molar-refractivity contribution in [3.05, 3.63) is 108 Å². The minimum atomic E-state index is -1.55. The summed E-state index contributed by atoms with van der Waals surface area (Å²) in [6, 6.07) is 22.5. The van der Waals surface area contributed by atoms with Gasteiger partial charge < -0.3 is 45.6 Å². The number of primary amides is 1. The molecule has 5 aromatic rings. The van der Waals surface area contributed by atoms with Gasteiger partial charge in [0, 0.05) is 33.0 Å². The number of carbonyl (C=O) groups is 5. The van der Waals surface area contributed by atoms with Crippen LogP contribution in [-0.4, -0.2) is 91.5 Å². The van der Waals surface area contributed by atoms with E-state index in [2.05, 4.69) is 49.9 Å². The maximum Gasteiger partial charge on any atom is 0.407 e. The molecule has 2 saturated heterocycles. The average molecular weight is 858 g/mol. The second-order valence-corrected chi connectivity index (χ2v) is 16.8. The van der Waals surface area contributed by atoms with Crippen molar-refractivity contribution in [1.29, 1.82) is 0 Å². The molecule has 2 aliphatic heterocycles. The van der Waals surface area contributed by atoms with E-state index in [-0.39, 0.29) is 42.1 Å². The van der Waals surface area contributed by atoms with Crippen LogP contribution in [0.25, 0.3) is 33.6 Å². The number of ether oxygens (including phenoxy) is 2. The lowest BCUT2D eigenvalue weighted by atomic mass is 9.93. The molecule has 330 valence electrons. The van der Waals surface area contributed by atoms with Gasteiger partial charge in [-0.25, -0.2) is 19.6 Å². The van der Waals surface area contributed by atoms with Gasteiger partial charge in [0.2, 0.25) is 11.8 Å². The van der Waals surface area contributed by atoms with E-state index in [0.717, 1.165) is 64.0 Å². The number of benzene rings is 3. The molecule has 7 rings (SSSR count). The van der Waals surface area contributed by atoms with E-state index in [1.54, 1.807) is 29.1 Å². The van der Waals surface area contributed by atoms with Gasteiger partial charge in [0.15, 0.2) is 5.60 Å². The molecule has 16 nitrogen and oxygen atoms in total. The number of hydrogen-bond donors (Lipinski definition) is 5. The van der Waals surface area contributed by atoms with Crippen LogP contribution >= 0.6 is 0 Å². The molecule has 0 saturated carbocycles. The highest BCUT2D eigenvalue weighted by Crippen LogP contribution is 2.36. The first kappa shape index (κ1) is 44.1. The Morgan fingerprint density at radius 1 is 0.778 bits per heavy atom. The molecule has 63 heavy (non-hydrogen) atoms. The lowest BCUT2D eigenvalue weighted by Gasteiger charge is -2.34. The van der Waals surface area contributed by atoms with Crippen molar-refractivity contribution in [3.63, 3.8) is 0 Å². The monoisotopic (exact) mass is 857 g/mol. The minimum absolute atomic E-state index is 0.114. The molecule has 16 heteroatoms. The van der Waals surface area contributed by atoms with Crippen LogP contribution in [0.1, 0.15) is 88.2 Å². The van der Waals surface area contributed by atoms with Crippen molar-refractivity contribution < 1.29 is 33.4 Å². The third-order valence-corrected chi connectivity index (χ3v) is 11.9. The van der Waals surface area contributed by atoms with Gasteiger partial charge in [-0.05, 0) is 71.9 Å². The molecular formula is C47H55N9O7. The molecule has 0 spiro atoms. The van der Waals surface area contributed by atoms with E-state index in [1.807, 2.05) is 62.4 Å². The van der Waals surface area contributed by atoms with Crippen LogP contribution < -0.4 is 16.4 Å². The average Bonchev–Trinajstić information content (AvgIpc) is 4.12. The van der Waals surface area contributed by atoms with Gasteiger partial charge >= 0.3 is 12.2 Å². The smallest absolute Gasteiger partial charge is 0.407 e. The van der Waals surface area contributed by atoms with E-state index in [4.69, 9.17) is 20.2 Å². The van der Waals surface area contributed by atoms with Crippen molar-refractivity contribution in [2.45, 2.75) is 90.1 Å². The van der Waals surface area contributed by atoms with Gasteiger partial charge in [0.25, 0.3) is 5.91 Å². The third-order valence-electron chi connectivity index (χ3n) is 11.9. The van der Waals surface area contributed by atoms with Crippen molar-refractivity contribution in [3.8, 4) is 33.6 Å². The SMILES string of the molecule is COC(=O)N[C@H](C(=O)N1CCCC1c1ncc(-c2ccc(-c3ccc(-c4cnc([C@@H]5CCCN5C(=O)[C@](C)(Cc5ccc(CNC(C)=O)cc5)OC(N)=O)[nH]4)cc3)cc2)[nH]1)C(C)C. The fraction of sp³-hybridized carbons (Fsp3) is 0.383. The Kier molecular flexibility index (Phi) is 13.3. The summed E-state index contributed by atoms with van der Waals surface area (Å²) in [6.07, 6.45) is 5.04. The largest absolute Gasteiger partial charge is 0.453 e. The van der Waals surface area contributed by atoms with Crippen LogP contribution in [0.4, 0.5) is 9.59 Å². The number of alkyl carbamates (subject to hydrolysis) is 1. The van der Waals surface area contributed by atoms with Gasteiger partial charge in [0.05, 0.1) is 43.0 Å². The number of imidazole rings is 2. The molecule has 2 aliphatic rings. The first-order chi connectivity index (χ1) is 30.2. The van der Waals surface area contributed by atoms with E-state index in [0.29, 0.717) is 37.7 Å². The minimum Gasteiger partial charge on any atom is -0.453 e. The van der Waals surface area contributed by atoms with Gasteiger partial charge in [-0.1, -0.05) is 86.6 Å². The number of amides is 5. The van der Waals surface area contributed by atoms with Gasteiger partial charge in [0.1, 0.15) is 17.7 Å². The summed E-state index contributed by atoms with van der Waals surface area (Å²) in [5.41, 5.74) is 11.2. The van der Waals surface area contributed by atoms with Crippen LogP contribution in [-0.2, 0) is 36.8 Å². The molecule has 0 aliphatic carbocycles. The number of H-pyrrole nitrogens is 2. The zero-order valence-electron chi connectivity index (χ0n) is 36.3. The first-order valence-electron chi connectivity index (χ1n) is 21.3. The predicted octanol–water partition coefficient (Wildman–Crippen LogP) is 6.57. The predicted molar refractivity (Wildman–Crippen MR) is 235 cm³/mol. The number of likely N-dealkylation sites (tertiary alicyclic amines) is 2. The summed E-state index contributed by atoms with van der Waals surface area (Å²) >= 11 is 0. The molecule has 4 atom stereocenters. The number of aromatic amines is 2. The Labute approximate surface area is 366 Å². The Morgan fingerprint density at radius 2 is 1.27 bits per heavy atom. The third kappa shape index (κ3) is 10.1. The summed E-state index contributed by atoms with van der Waals surface area (Å²) in [5.74, 6) is 0.595. The number of nitrogens with zero attached hydrogens (tertiary/aromatic N) is 4. The van der Waals surface area contributed by atoms with E-state index >= 15 is 0 Å². The number of methoxy groups -OCH3 is 1. The Hall–Kier alpha value is -6.97. The quantitative estimate of drug-likeness (QED) is 0.0814. The summed E-state index contributed by atoms with van der Waals surface area (Å²) in [5, 5.41) is 5.45.